The average molecular weight is 750 g/mol. The Kier molecular flexibility index (Phi) is 18.1. The Morgan fingerprint density at radius 1 is 1.00 bits per heavy atom. The first kappa shape index (κ1) is 44.8. The summed E-state index contributed by atoms with van der Waals surface area (Å²) in [5, 5.41) is 21.8. The molecule has 2 saturated heterocycles. The van der Waals surface area contributed by atoms with E-state index in [2.05, 4.69) is 6.92 Å². The zero-order valence-corrected chi connectivity index (χ0v) is 33.5. The topological polar surface area (TPSA) is 158 Å². The highest BCUT2D eigenvalue weighted by atomic mass is 16.6. The number of ether oxygens (including phenoxy) is 5. The molecule has 0 aromatic carbocycles. The van der Waals surface area contributed by atoms with Gasteiger partial charge in [-0.25, -0.2) is 4.79 Å². The number of aliphatic hydroxyl groups excluding tert-OH is 2. The van der Waals surface area contributed by atoms with Gasteiger partial charge in [-0.1, -0.05) is 45.4 Å². The fourth-order valence-corrected chi connectivity index (χ4v) is 8.38. The Labute approximate surface area is 317 Å². The molecule has 0 bridgehead atoms. The summed E-state index contributed by atoms with van der Waals surface area (Å²) in [7, 11) is 4.82. The van der Waals surface area contributed by atoms with Crippen molar-refractivity contribution >= 4 is 24.1 Å². The molecule has 13 atom stereocenters. The van der Waals surface area contributed by atoms with Crippen molar-refractivity contribution in [2.45, 2.75) is 155 Å². The zero-order valence-electron chi connectivity index (χ0n) is 33.5. The quantitative estimate of drug-likeness (QED) is 0.104. The number of cyclic esters (lactones) is 1. The third-order valence-corrected chi connectivity index (χ3v) is 11.7. The maximum atomic E-state index is 13.5. The Balaban J connectivity index is 1.68. The highest BCUT2D eigenvalue weighted by Gasteiger charge is 2.41. The number of piperidine rings is 1. The SMILES string of the molecule is CO[C@@H](C[C@@H](C)C/C(C)=C/[C@@H](C)C(=O)C[C@H](O)[C@@H](C)[C@H](OC(=O)[C@@H]1CCCCN1C=O)/C(C)=C/[C@@H]1CC[C@@H](O)[C@H](OC)C1)[C@H]1OC(=O)[C@H](C)C[C@@H]1OC. The smallest absolute Gasteiger partial charge is 0.329 e. The minimum absolute atomic E-state index is 0.0779. The van der Waals surface area contributed by atoms with E-state index in [0.717, 1.165) is 30.4 Å². The molecule has 1 aliphatic carbocycles. The monoisotopic (exact) mass is 749 g/mol. The first-order valence-electron chi connectivity index (χ1n) is 19.6. The first-order valence-corrected chi connectivity index (χ1v) is 19.6. The molecule has 0 aromatic heterocycles. The number of hydrogen-bond donors (Lipinski definition) is 2. The van der Waals surface area contributed by atoms with Crippen LogP contribution in [0.4, 0.5) is 0 Å². The number of methoxy groups -OCH3 is 3. The Bertz CT molecular complexity index is 1270. The molecular formula is C41H67NO11. The van der Waals surface area contributed by atoms with Gasteiger partial charge in [-0.2, -0.15) is 0 Å². The summed E-state index contributed by atoms with van der Waals surface area (Å²) < 4.78 is 28.8. The molecule has 0 radical (unpaired) electrons. The maximum absolute atomic E-state index is 13.5. The predicted octanol–water partition coefficient (Wildman–Crippen LogP) is 4.97. The van der Waals surface area contributed by atoms with Gasteiger partial charge in [-0.3, -0.25) is 14.4 Å². The number of hydrogen-bond acceptors (Lipinski definition) is 11. The fourth-order valence-electron chi connectivity index (χ4n) is 8.38. The molecule has 12 nitrogen and oxygen atoms in total. The van der Waals surface area contributed by atoms with Crippen molar-refractivity contribution < 1.29 is 53.1 Å². The molecule has 1 saturated carbocycles. The number of carbonyl (C=O) groups is 4. The lowest BCUT2D eigenvalue weighted by molar-refractivity contribution is -0.189. The number of allylic oxidation sites excluding steroid dienone is 3. The van der Waals surface area contributed by atoms with E-state index in [1.807, 2.05) is 39.8 Å². The molecule has 0 aromatic rings. The minimum Gasteiger partial charge on any atom is -0.457 e. The van der Waals surface area contributed by atoms with Crippen molar-refractivity contribution in [1.82, 2.24) is 4.90 Å². The van der Waals surface area contributed by atoms with E-state index in [4.69, 9.17) is 23.7 Å². The largest absolute Gasteiger partial charge is 0.457 e. The van der Waals surface area contributed by atoms with Crippen molar-refractivity contribution in [3.05, 3.63) is 23.3 Å². The number of ketones is 1. The van der Waals surface area contributed by atoms with Crippen LogP contribution >= 0.6 is 0 Å². The van der Waals surface area contributed by atoms with Crippen LogP contribution in [0.15, 0.2) is 23.3 Å². The van der Waals surface area contributed by atoms with E-state index >= 15 is 0 Å². The van der Waals surface area contributed by atoms with Gasteiger partial charge in [-0.15, -0.1) is 0 Å². The lowest BCUT2D eigenvalue weighted by Crippen LogP contribution is -2.49. The molecule has 53 heavy (non-hydrogen) atoms. The predicted molar refractivity (Wildman–Crippen MR) is 200 cm³/mol. The third kappa shape index (κ3) is 12.7. The summed E-state index contributed by atoms with van der Waals surface area (Å²) in [6.45, 7) is 11.9. The van der Waals surface area contributed by atoms with Crippen molar-refractivity contribution in [3.8, 4) is 0 Å². The number of carbonyl (C=O) groups excluding carboxylic acids is 4. The van der Waals surface area contributed by atoms with Gasteiger partial charge >= 0.3 is 11.9 Å². The molecular weight excluding hydrogens is 682 g/mol. The van der Waals surface area contributed by atoms with Gasteiger partial charge in [0.15, 0.2) is 6.10 Å². The van der Waals surface area contributed by atoms with Crippen LogP contribution < -0.4 is 0 Å². The van der Waals surface area contributed by atoms with E-state index < -0.39 is 48.3 Å². The molecule has 1 amide bonds. The number of esters is 2. The molecule has 12 heteroatoms. The maximum Gasteiger partial charge on any atom is 0.329 e. The third-order valence-electron chi connectivity index (χ3n) is 11.7. The summed E-state index contributed by atoms with van der Waals surface area (Å²) in [6, 6.07) is -0.692. The fraction of sp³-hybridized carbons (Fsp3) is 0.805. The van der Waals surface area contributed by atoms with Crippen molar-refractivity contribution in [2.75, 3.05) is 27.9 Å². The summed E-state index contributed by atoms with van der Waals surface area (Å²) in [4.78, 5) is 52.6. The summed E-state index contributed by atoms with van der Waals surface area (Å²) >= 11 is 0. The van der Waals surface area contributed by atoms with Gasteiger partial charge in [-0.05, 0) is 89.0 Å². The molecule has 2 N–H and O–H groups in total. The van der Waals surface area contributed by atoms with Gasteiger partial charge in [0.05, 0.1) is 36.4 Å². The van der Waals surface area contributed by atoms with E-state index in [-0.39, 0.29) is 54.2 Å². The summed E-state index contributed by atoms with van der Waals surface area (Å²) in [5.74, 6) is -1.95. The average Bonchev–Trinajstić information content (AvgIpc) is 3.13. The van der Waals surface area contributed by atoms with E-state index in [1.165, 1.54) is 4.90 Å². The molecule has 3 aliphatic rings. The molecule has 0 spiro atoms. The van der Waals surface area contributed by atoms with Crippen LogP contribution in [0.2, 0.25) is 0 Å². The summed E-state index contributed by atoms with van der Waals surface area (Å²) in [5.41, 5.74) is 1.78. The van der Waals surface area contributed by atoms with Crippen LogP contribution in [0.3, 0.4) is 0 Å². The Morgan fingerprint density at radius 2 is 1.70 bits per heavy atom. The van der Waals surface area contributed by atoms with Gasteiger partial charge < -0.3 is 38.8 Å². The Morgan fingerprint density at radius 3 is 2.34 bits per heavy atom. The number of aliphatic hydroxyl groups is 2. The highest BCUT2D eigenvalue weighted by Crippen LogP contribution is 2.33. The van der Waals surface area contributed by atoms with Crippen LogP contribution in [-0.2, 0) is 42.9 Å². The minimum atomic E-state index is -1.09. The van der Waals surface area contributed by atoms with Crippen LogP contribution in [0.1, 0.15) is 106 Å². The Hall–Kier alpha value is -2.64. The van der Waals surface area contributed by atoms with E-state index in [1.54, 1.807) is 28.3 Å². The first-order chi connectivity index (χ1) is 25.1. The number of rotatable bonds is 19. The second kappa shape index (κ2) is 21.5. The zero-order chi connectivity index (χ0) is 39.4. The molecule has 2 aliphatic heterocycles. The van der Waals surface area contributed by atoms with E-state index in [0.29, 0.717) is 51.5 Å². The molecule has 3 fully saturated rings. The van der Waals surface area contributed by atoms with Gasteiger partial charge in [0.25, 0.3) is 0 Å². The van der Waals surface area contributed by atoms with Gasteiger partial charge in [0.1, 0.15) is 17.9 Å². The standard InChI is InChI=1S/C41H67NO11/c1-24(16-25(2)18-36(50-8)39-37(51-9)20-28(5)40(47)53-39)17-26(3)33(45)22-34(46)29(6)38(52-41(48)31-12-10-11-15-42(31)23-43)27(4)19-30-13-14-32(44)35(21-30)49-7/h17,19,23,25-26,28-32,34-39,44,46H,10-16,18,20-22H2,1-9H3/b24-17+,27-19+/t25-,26+,28+,29+,30-,31-,32+,34-,35+,36-,37-,38+,39+/m0/s1. The highest BCUT2D eigenvalue weighted by molar-refractivity contribution is 5.83. The second-order valence-corrected chi connectivity index (χ2v) is 16.1. The van der Waals surface area contributed by atoms with E-state index in [9.17, 15) is 29.4 Å². The number of likely N-dealkylation sites (tertiary alicyclic amines) is 1. The van der Waals surface area contributed by atoms with Crippen molar-refractivity contribution in [1.29, 1.82) is 0 Å². The lowest BCUT2D eigenvalue weighted by atomic mass is 9.82. The molecule has 0 unspecified atom stereocenters. The van der Waals surface area contributed by atoms with Crippen LogP contribution in [0, 0.1) is 29.6 Å². The van der Waals surface area contributed by atoms with Gasteiger partial charge in [0.2, 0.25) is 6.41 Å². The van der Waals surface area contributed by atoms with Crippen LogP contribution in [-0.4, -0.2) is 116 Å². The summed E-state index contributed by atoms with van der Waals surface area (Å²) in [6.07, 6.45) is 6.72. The number of nitrogens with zero attached hydrogens (tertiary/aromatic N) is 1. The molecule has 3 rings (SSSR count). The number of amides is 1. The van der Waals surface area contributed by atoms with Crippen LogP contribution in [0.5, 0.6) is 0 Å². The van der Waals surface area contributed by atoms with Gasteiger partial charge in [0, 0.05) is 46.1 Å². The lowest BCUT2D eigenvalue weighted by Gasteiger charge is -2.38. The van der Waals surface area contributed by atoms with Crippen LogP contribution in [0.25, 0.3) is 0 Å². The van der Waals surface area contributed by atoms with Crippen molar-refractivity contribution in [2.24, 2.45) is 29.6 Å². The second-order valence-electron chi connectivity index (χ2n) is 16.1. The van der Waals surface area contributed by atoms with Crippen molar-refractivity contribution in [3.63, 3.8) is 0 Å². The number of Topliss-reactive ketones (excluding diaryl/α,β-unsaturated/α-hetero) is 1. The normalized spacial score (nSPS) is 30.7. The molecule has 2 heterocycles. The molecule has 302 valence electrons.